The lowest BCUT2D eigenvalue weighted by molar-refractivity contribution is -0.122. The highest BCUT2D eigenvalue weighted by molar-refractivity contribution is 7.15. The van der Waals surface area contributed by atoms with Gasteiger partial charge in [-0.3, -0.25) is 14.9 Å². The van der Waals surface area contributed by atoms with E-state index < -0.39 is 0 Å². The highest BCUT2D eigenvalue weighted by atomic mass is 32.1. The first-order valence-corrected chi connectivity index (χ1v) is 9.55. The van der Waals surface area contributed by atoms with Gasteiger partial charge in [0.15, 0.2) is 5.13 Å². The van der Waals surface area contributed by atoms with Crippen molar-refractivity contribution < 1.29 is 9.59 Å². The third-order valence-corrected chi connectivity index (χ3v) is 5.40. The van der Waals surface area contributed by atoms with Crippen molar-refractivity contribution in [3.05, 3.63) is 46.0 Å². The van der Waals surface area contributed by atoms with Crippen LogP contribution in [0.4, 0.5) is 5.13 Å². The van der Waals surface area contributed by atoms with Crippen LogP contribution in [0.1, 0.15) is 58.6 Å². The number of fused-ring (bicyclic) bond motifs is 1. The van der Waals surface area contributed by atoms with Gasteiger partial charge in [-0.05, 0) is 44.7 Å². The van der Waals surface area contributed by atoms with Crippen LogP contribution in [-0.4, -0.2) is 23.3 Å². The average Bonchev–Trinajstić information content (AvgIpc) is 3.02. The number of carbonyl (C=O) groups excluding carboxylic acids is 2. The van der Waals surface area contributed by atoms with E-state index in [1.807, 2.05) is 26.0 Å². The molecule has 25 heavy (non-hydrogen) atoms. The molecular weight excluding hydrogens is 334 g/mol. The van der Waals surface area contributed by atoms with Gasteiger partial charge in [0.05, 0.1) is 11.6 Å². The fourth-order valence-electron chi connectivity index (χ4n) is 2.97. The van der Waals surface area contributed by atoms with Crippen LogP contribution in [0.2, 0.25) is 0 Å². The number of aromatic nitrogens is 1. The molecule has 2 N–H and O–H groups in total. The SMILES string of the molecule is CCCNC(=O)C1CCCc2sc(NC(=O)c3ccc(C)cc3)nc21. The molecule has 0 saturated heterocycles. The van der Waals surface area contributed by atoms with Gasteiger partial charge in [-0.2, -0.15) is 0 Å². The Bertz CT molecular complexity index is 767. The molecule has 6 heteroatoms. The Balaban J connectivity index is 1.74. The third-order valence-electron chi connectivity index (χ3n) is 4.35. The molecule has 1 aliphatic rings. The van der Waals surface area contributed by atoms with Gasteiger partial charge < -0.3 is 5.32 Å². The van der Waals surface area contributed by atoms with E-state index in [1.165, 1.54) is 11.3 Å². The highest BCUT2D eigenvalue weighted by Crippen LogP contribution is 2.36. The average molecular weight is 357 g/mol. The van der Waals surface area contributed by atoms with E-state index in [-0.39, 0.29) is 17.7 Å². The second kappa shape index (κ2) is 7.78. The fraction of sp³-hybridized carbons (Fsp3) is 0.421. The Morgan fingerprint density at radius 3 is 2.76 bits per heavy atom. The zero-order valence-corrected chi connectivity index (χ0v) is 15.4. The van der Waals surface area contributed by atoms with Crippen molar-refractivity contribution in [2.24, 2.45) is 0 Å². The number of amides is 2. The summed E-state index contributed by atoms with van der Waals surface area (Å²) in [5, 5.41) is 6.41. The second-order valence-electron chi connectivity index (χ2n) is 6.38. The number of carbonyl (C=O) groups is 2. The van der Waals surface area contributed by atoms with Gasteiger partial charge in [-0.15, -0.1) is 11.3 Å². The van der Waals surface area contributed by atoms with Crippen molar-refractivity contribution in [3.8, 4) is 0 Å². The summed E-state index contributed by atoms with van der Waals surface area (Å²) < 4.78 is 0. The summed E-state index contributed by atoms with van der Waals surface area (Å²) >= 11 is 1.48. The van der Waals surface area contributed by atoms with Gasteiger partial charge in [-0.1, -0.05) is 24.6 Å². The van der Waals surface area contributed by atoms with Crippen LogP contribution in [0.25, 0.3) is 0 Å². The van der Waals surface area contributed by atoms with Crippen LogP contribution in [0.15, 0.2) is 24.3 Å². The largest absolute Gasteiger partial charge is 0.356 e. The summed E-state index contributed by atoms with van der Waals surface area (Å²) in [4.78, 5) is 30.4. The van der Waals surface area contributed by atoms with Crippen LogP contribution >= 0.6 is 11.3 Å². The van der Waals surface area contributed by atoms with Crippen LogP contribution in [0.3, 0.4) is 0 Å². The Hall–Kier alpha value is -2.21. The number of hydrogen-bond acceptors (Lipinski definition) is 4. The predicted octanol–water partition coefficient (Wildman–Crippen LogP) is 3.65. The molecule has 132 valence electrons. The van der Waals surface area contributed by atoms with Gasteiger partial charge in [0.25, 0.3) is 5.91 Å². The molecule has 1 heterocycles. The maximum atomic E-state index is 12.4. The van der Waals surface area contributed by atoms with Crippen LogP contribution in [0, 0.1) is 6.92 Å². The first-order chi connectivity index (χ1) is 12.1. The number of rotatable bonds is 5. The molecule has 0 spiro atoms. The maximum absolute atomic E-state index is 12.4. The minimum atomic E-state index is -0.198. The maximum Gasteiger partial charge on any atom is 0.257 e. The summed E-state index contributed by atoms with van der Waals surface area (Å²) in [7, 11) is 0. The van der Waals surface area contributed by atoms with Crippen LogP contribution in [0.5, 0.6) is 0 Å². The topological polar surface area (TPSA) is 71.1 Å². The Morgan fingerprint density at radius 2 is 2.04 bits per heavy atom. The molecule has 0 radical (unpaired) electrons. The Kier molecular flexibility index (Phi) is 5.48. The Morgan fingerprint density at radius 1 is 1.28 bits per heavy atom. The Labute approximate surface area is 151 Å². The molecule has 0 saturated carbocycles. The lowest BCUT2D eigenvalue weighted by Crippen LogP contribution is -2.31. The van der Waals surface area contributed by atoms with Crippen molar-refractivity contribution in [2.45, 2.75) is 45.4 Å². The van der Waals surface area contributed by atoms with Gasteiger partial charge in [0, 0.05) is 17.0 Å². The quantitative estimate of drug-likeness (QED) is 0.858. The number of anilines is 1. The number of thiazole rings is 1. The molecule has 3 rings (SSSR count). The number of benzene rings is 1. The normalized spacial score (nSPS) is 16.2. The molecule has 1 aromatic carbocycles. The van der Waals surface area contributed by atoms with Crippen molar-refractivity contribution in [3.63, 3.8) is 0 Å². The first-order valence-electron chi connectivity index (χ1n) is 8.73. The number of nitrogens with zero attached hydrogens (tertiary/aromatic N) is 1. The summed E-state index contributed by atoms with van der Waals surface area (Å²) in [5.74, 6) is -0.320. The van der Waals surface area contributed by atoms with Crippen molar-refractivity contribution in [2.75, 3.05) is 11.9 Å². The van der Waals surface area contributed by atoms with Crippen LogP contribution in [-0.2, 0) is 11.2 Å². The van der Waals surface area contributed by atoms with Gasteiger partial charge in [-0.25, -0.2) is 4.98 Å². The molecule has 1 aliphatic carbocycles. The smallest absolute Gasteiger partial charge is 0.257 e. The zero-order chi connectivity index (χ0) is 17.8. The molecule has 5 nitrogen and oxygen atoms in total. The van der Waals surface area contributed by atoms with E-state index in [4.69, 9.17) is 0 Å². The first kappa shape index (κ1) is 17.6. The summed E-state index contributed by atoms with van der Waals surface area (Å²) in [5.41, 5.74) is 2.56. The monoisotopic (exact) mass is 357 g/mol. The third kappa shape index (κ3) is 4.07. The van der Waals surface area contributed by atoms with Crippen molar-refractivity contribution in [1.29, 1.82) is 0 Å². The minimum Gasteiger partial charge on any atom is -0.356 e. The van der Waals surface area contributed by atoms with Crippen LogP contribution < -0.4 is 10.6 Å². The van der Waals surface area contributed by atoms with E-state index >= 15 is 0 Å². The molecule has 0 bridgehead atoms. The summed E-state index contributed by atoms with van der Waals surface area (Å²) in [6, 6.07) is 7.43. The zero-order valence-electron chi connectivity index (χ0n) is 14.6. The van der Waals surface area contributed by atoms with E-state index in [0.29, 0.717) is 17.2 Å². The molecule has 2 aromatic rings. The lowest BCUT2D eigenvalue weighted by atomic mass is 9.90. The number of hydrogen-bond donors (Lipinski definition) is 2. The van der Waals surface area contributed by atoms with E-state index in [2.05, 4.69) is 15.6 Å². The molecule has 1 atom stereocenters. The summed E-state index contributed by atoms with van der Waals surface area (Å²) in [6.07, 6.45) is 3.63. The molecule has 2 amide bonds. The van der Waals surface area contributed by atoms with E-state index in [9.17, 15) is 9.59 Å². The van der Waals surface area contributed by atoms with Gasteiger partial charge >= 0.3 is 0 Å². The van der Waals surface area contributed by atoms with Crippen molar-refractivity contribution in [1.82, 2.24) is 10.3 Å². The molecule has 0 fully saturated rings. The highest BCUT2D eigenvalue weighted by Gasteiger charge is 2.30. The predicted molar refractivity (Wildman–Crippen MR) is 100 cm³/mol. The number of aryl methyl sites for hydroxylation is 2. The van der Waals surface area contributed by atoms with E-state index in [1.54, 1.807) is 12.1 Å². The van der Waals surface area contributed by atoms with Gasteiger partial charge in [0.2, 0.25) is 5.91 Å². The number of nitrogens with one attached hydrogen (secondary N) is 2. The summed E-state index contributed by atoms with van der Waals surface area (Å²) in [6.45, 7) is 4.71. The molecule has 1 aromatic heterocycles. The van der Waals surface area contributed by atoms with Crippen molar-refractivity contribution >= 4 is 28.3 Å². The molecular formula is C19H23N3O2S. The second-order valence-corrected chi connectivity index (χ2v) is 7.47. The molecule has 0 aliphatic heterocycles. The lowest BCUT2D eigenvalue weighted by Gasteiger charge is -2.20. The molecule has 1 unspecified atom stereocenters. The van der Waals surface area contributed by atoms with E-state index in [0.717, 1.165) is 41.8 Å². The fourth-order valence-corrected chi connectivity index (χ4v) is 4.03. The minimum absolute atomic E-state index is 0.0458. The van der Waals surface area contributed by atoms with Gasteiger partial charge in [0.1, 0.15) is 0 Å². The standard InChI is InChI=1S/C19H23N3O2S/c1-3-11-20-18(24)14-5-4-6-15-16(14)21-19(25-15)22-17(23)13-9-7-12(2)8-10-13/h7-10,14H,3-6,11H2,1-2H3,(H,20,24)(H,21,22,23).